The first-order valence-corrected chi connectivity index (χ1v) is 5.92. The molecule has 1 aromatic rings. The molecule has 0 amide bonds. The molecule has 0 radical (unpaired) electrons. The van der Waals surface area contributed by atoms with Crippen molar-refractivity contribution in [2.75, 3.05) is 0 Å². The summed E-state index contributed by atoms with van der Waals surface area (Å²) in [5, 5.41) is 10.6. The van der Waals surface area contributed by atoms with E-state index in [4.69, 9.17) is 0 Å². The van der Waals surface area contributed by atoms with Crippen LogP contribution in [-0.4, -0.2) is 5.97 Å². The van der Waals surface area contributed by atoms with E-state index in [1.807, 2.05) is 24.3 Å². The Morgan fingerprint density at radius 3 is 2.69 bits per heavy atom. The molecule has 88 valence electrons. The highest BCUT2D eigenvalue weighted by molar-refractivity contribution is 5.68. The van der Waals surface area contributed by atoms with Crippen LogP contribution in [0, 0.1) is 0 Å². The molecule has 0 aliphatic heterocycles. The van der Waals surface area contributed by atoms with Gasteiger partial charge in [0, 0.05) is 12.4 Å². The van der Waals surface area contributed by atoms with Gasteiger partial charge in [0.05, 0.1) is 0 Å². The monoisotopic (exact) mass is 219 g/mol. The number of carboxylic acids is 1. The minimum absolute atomic E-state index is 0.0205. The molecule has 1 rings (SSSR count). The molecule has 0 saturated heterocycles. The van der Waals surface area contributed by atoms with Crippen LogP contribution in [-0.2, 0) is 11.2 Å². The van der Waals surface area contributed by atoms with Crippen molar-refractivity contribution in [2.24, 2.45) is 0 Å². The van der Waals surface area contributed by atoms with E-state index in [-0.39, 0.29) is 6.42 Å². The van der Waals surface area contributed by atoms with Gasteiger partial charge in [-0.2, -0.15) is 0 Å². The van der Waals surface area contributed by atoms with Crippen LogP contribution >= 0.6 is 0 Å². The fourth-order valence-electron chi connectivity index (χ4n) is 2.00. The standard InChI is InChI=1S/C14H20O2/c1-3-4-7-11(2)13-9-6-5-8-12(13)10-14(15)16/h5-6,8-9,11H,3-4,7,10H2,1-2H3,(H,15,16)/p-1/t11-/m0/s1. The van der Waals surface area contributed by atoms with Crippen LogP contribution in [0.1, 0.15) is 50.2 Å². The molecule has 0 saturated carbocycles. The molecule has 1 atom stereocenters. The van der Waals surface area contributed by atoms with Gasteiger partial charge in [-0.15, -0.1) is 0 Å². The molecule has 1 aromatic carbocycles. The lowest BCUT2D eigenvalue weighted by Crippen LogP contribution is -2.25. The van der Waals surface area contributed by atoms with Gasteiger partial charge in [0.25, 0.3) is 0 Å². The molecule has 0 spiro atoms. The van der Waals surface area contributed by atoms with E-state index < -0.39 is 5.97 Å². The number of carboxylic acid groups (broad SMARTS) is 1. The quantitative estimate of drug-likeness (QED) is 0.736. The maximum absolute atomic E-state index is 10.6. The van der Waals surface area contributed by atoms with Gasteiger partial charge in [-0.05, 0) is 23.5 Å². The molecule has 0 bridgehead atoms. The average molecular weight is 219 g/mol. The summed E-state index contributed by atoms with van der Waals surface area (Å²) in [7, 11) is 0. The van der Waals surface area contributed by atoms with Gasteiger partial charge in [0.15, 0.2) is 0 Å². The van der Waals surface area contributed by atoms with Crippen LogP contribution in [0.2, 0.25) is 0 Å². The van der Waals surface area contributed by atoms with Gasteiger partial charge in [-0.25, -0.2) is 0 Å². The van der Waals surface area contributed by atoms with Crippen LogP contribution in [0.4, 0.5) is 0 Å². The Morgan fingerprint density at radius 2 is 2.06 bits per heavy atom. The topological polar surface area (TPSA) is 40.1 Å². The Bertz CT molecular complexity index is 344. The van der Waals surface area contributed by atoms with Crippen molar-refractivity contribution in [3.05, 3.63) is 35.4 Å². The largest absolute Gasteiger partial charge is 0.550 e. The molecule has 0 aliphatic carbocycles. The number of unbranched alkanes of at least 4 members (excludes halogenated alkanes) is 1. The Kier molecular flexibility index (Phi) is 5.03. The second-order valence-corrected chi connectivity index (χ2v) is 4.29. The van der Waals surface area contributed by atoms with Gasteiger partial charge in [0.2, 0.25) is 0 Å². The first-order chi connectivity index (χ1) is 7.65. The van der Waals surface area contributed by atoms with Crippen molar-refractivity contribution in [1.29, 1.82) is 0 Å². The molecule has 16 heavy (non-hydrogen) atoms. The molecule has 0 aliphatic rings. The molecule has 0 unspecified atom stereocenters. The first-order valence-electron chi connectivity index (χ1n) is 5.92. The van der Waals surface area contributed by atoms with Gasteiger partial charge < -0.3 is 9.90 Å². The summed E-state index contributed by atoms with van der Waals surface area (Å²) >= 11 is 0. The highest BCUT2D eigenvalue weighted by Crippen LogP contribution is 2.24. The predicted molar refractivity (Wildman–Crippen MR) is 63.1 cm³/mol. The number of carbonyl (C=O) groups is 1. The van der Waals surface area contributed by atoms with Gasteiger partial charge in [0.1, 0.15) is 0 Å². The van der Waals surface area contributed by atoms with Crippen molar-refractivity contribution in [3.63, 3.8) is 0 Å². The SMILES string of the molecule is CCCC[C@H](C)c1ccccc1CC(=O)[O-]. The predicted octanol–water partition coefficient (Wildman–Crippen LogP) is 2.27. The third-order valence-corrected chi connectivity index (χ3v) is 2.91. The van der Waals surface area contributed by atoms with Crippen LogP contribution < -0.4 is 5.11 Å². The van der Waals surface area contributed by atoms with E-state index in [0.717, 1.165) is 17.5 Å². The molecule has 2 heteroatoms. The summed E-state index contributed by atoms with van der Waals surface area (Å²) in [5.74, 6) is -0.578. The van der Waals surface area contributed by atoms with E-state index in [1.54, 1.807) is 0 Å². The fraction of sp³-hybridized carbons (Fsp3) is 0.500. The van der Waals surface area contributed by atoms with E-state index in [1.165, 1.54) is 12.8 Å². The molecular weight excluding hydrogens is 200 g/mol. The summed E-state index contributed by atoms with van der Waals surface area (Å²) in [4.78, 5) is 10.6. The van der Waals surface area contributed by atoms with Crippen LogP contribution in [0.15, 0.2) is 24.3 Å². The summed E-state index contributed by atoms with van der Waals surface area (Å²) in [6.45, 7) is 4.32. The molecule has 2 nitrogen and oxygen atoms in total. The first kappa shape index (κ1) is 12.8. The fourth-order valence-corrected chi connectivity index (χ4v) is 2.00. The molecular formula is C14H19O2-. The Labute approximate surface area is 97.3 Å². The van der Waals surface area contributed by atoms with E-state index in [9.17, 15) is 9.90 Å². The maximum Gasteiger partial charge on any atom is 0.0458 e. The second-order valence-electron chi connectivity index (χ2n) is 4.29. The summed E-state index contributed by atoms with van der Waals surface area (Å²) in [6.07, 6.45) is 3.49. The second kappa shape index (κ2) is 6.31. The third-order valence-electron chi connectivity index (χ3n) is 2.91. The summed E-state index contributed by atoms with van der Waals surface area (Å²) < 4.78 is 0. The summed E-state index contributed by atoms with van der Waals surface area (Å²) in [6, 6.07) is 7.76. The number of rotatable bonds is 6. The number of hydrogen-bond acceptors (Lipinski definition) is 2. The van der Waals surface area contributed by atoms with Crippen LogP contribution in [0.3, 0.4) is 0 Å². The molecule has 0 N–H and O–H groups in total. The summed E-state index contributed by atoms with van der Waals surface area (Å²) in [5.41, 5.74) is 2.05. The Balaban J connectivity index is 2.80. The van der Waals surface area contributed by atoms with E-state index in [2.05, 4.69) is 13.8 Å². The van der Waals surface area contributed by atoms with E-state index >= 15 is 0 Å². The maximum atomic E-state index is 10.6. The van der Waals surface area contributed by atoms with E-state index in [0.29, 0.717) is 5.92 Å². The lowest BCUT2D eigenvalue weighted by Gasteiger charge is -2.16. The molecule has 0 fully saturated rings. The number of hydrogen-bond donors (Lipinski definition) is 0. The third kappa shape index (κ3) is 3.69. The lowest BCUT2D eigenvalue weighted by molar-refractivity contribution is -0.304. The number of benzene rings is 1. The van der Waals surface area contributed by atoms with Crippen molar-refractivity contribution < 1.29 is 9.90 Å². The van der Waals surface area contributed by atoms with Crippen molar-refractivity contribution in [3.8, 4) is 0 Å². The number of carbonyl (C=O) groups excluding carboxylic acids is 1. The van der Waals surface area contributed by atoms with Crippen molar-refractivity contribution in [2.45, 2.75) is 45.4 Å². The van der Waals surface area contributed by atoms with Gasteiger partial charge in [-0.1, -0.05) is 51.0 Å². The zero-order valence-electron chi connectivity index (χ0n) is 10.0. The highest BCUT2D eigenvalue weighted by atomic mass is 16.4. The zero-order valence-corrected chi connectivity index (χ0v) is 10.0. The van der Waals surface area contributed by atoms with Crippen molar-refractivity contribution >= 4 is 5.97 Å². The molecule has 0 heterocycles. The van der Waals surface area contributed by atoms with Gasteiger partial charge in [-0.3, -0.25) is 0 Å². The average Bonchev–Trinajstić information content (AvgIpc) is 2.26. The lowest BCUT2D eigenvalue weighted by atomic mass is 9.90. The van der Waals surface area contributed by atoms with Crippen LogP contribution in [0.25, 0.3) is 0 Å². The van der Waals surface area contributed by atoms with Gasteiger partial charge >= 0.3 is 0 Å². The zero-order chi connectivity index (χ0) is 12.0. The Hall–Kier alpha value is -1.31. The minimum Gasteiger partial charge on any atom is -0.550 e. The Morgan fingerprint density at radius 1 is 1.38 bits per heavy atom. The van der Waals surface area contributed by atoms with Crippen molar-refractivity contribution in [1.82, 2.24) is 0 Å². The number of aliphatic carboxylic acids is 1. The minimum atomic E-state index is -1.00. The highest BCUT2D eigenvalue weighted by Gasteiger charge is 2.09. The normalized spacial score (nSPS) is 12.4. The smallest absolute Gasteiger partial charge is 0.0458 e. The van der Waals surface area contributed by atoms with Crippen LogP contribution in [0.5, 0.6) is 0 Å². The molecule has 0 aromatic heterocycles.